The van der Waals surface area contributed by atoms with Crippen LogP contribution >= 0.6 is 7.82 Å². The Morgan fingerprint density at radius 1 is 0.516 bits per heavy atom. The van der Waals surface area contributed by atoms with Gasteiger partial charge in [0.15, 0.2) is 6.10 Å². The van der Waals surface area contributed by atoms with Crippen LogP contribution in [0.2, 0.25) is 0 Å². The fourth-order valence-electron chi connectivity index (χ4n) is 6.69. The minimum Gasteiger partial charge on any atom is -0.462 e. The van der Waals surface area contributed by atoms with Crippen LogP contribution in [-0.2, 0) is 32.7 Å². The molecule has 0 aromatic heterocycles. The molecule has 62 heavy (non-hydrogen) atoms. The number of carbonyl (C=O) groups excluding carboxylic acids is 2. The van der Waals surface area contributed by atoms with E-state index in [2.05, 4.69) is 74.6 Å². The van der Waals surface area contributed by atoms with E-state index in [1.54, 1.807) is 0 Å². The van der Waals surface area contributed by atoms with Crippen molar-refractivity contribution in [2.24, 2.45) is 0 Å². The first-order valence-electron chi connectivity index (χ1n) is 25.0. The average Bonchev–Trinajstić information content (AvgIpc) is 3.23. The van der Waals surface area contributed by atoms with Gasteiger partial charge in [-0.25, -0.2) is 4.57 Å². The standard InChI is InChI=1S/C52H94NO8P/c1-6-8-10-12-14-15-16-17-18-19-20-21-22-23-24-25-26-27-28-29-30-31-32-33-34-35-36-37-39-41-43-45-52(55)61-50(49-60-62(56,57)59-47-46-53(3,4)5)48-58-51(54)44-42-40-38-13-11-9-7-2/h8,10,14-15,17-18,20-21,23-24,50H,6-7,9,11-13,16,19,22,25-49H2,1-5H3/p+1/b10-8-,15-14-,18-17-,21-20-,24-23-. The topological polar surface area (TPSA) is 108 Å². The molecule has 10 heteroatoms. The molecular formula is C52H95NO8P+. The number of hydrogen-bond donors (Lipinski definition) is 1. The average molecular weight is 893 g/mol. The van der Waals surface area contributed by atoms with Crippen molar-refractivity contribution in [1.82, 2.24) is 0 Å². The molecule has 9 nitrogen and oxygen atoms in total. The quantitative estimate of drug-likeness (QED) is 0.0212. The van der Waals surface area contributed by atoms with Crippen molar-refractivity contribution in [2.45, 2.75) is 213 Å². The Morgan fingerprint density at radius 2 is 0.919 bits per heavy atom. The predicted octanol–water partition coefficient (Wildman–Crippen LogP) is 14.8. The number of likely N-dealkylation sites (N-methyl/N-ethyl adjacent to an activating group) is 1. The summed E-state index contributed by atoms with van der Waals surface area (Å²) in [7, 11) is 1.48. The summed E-state index contributed by atoms with van der Waals surface area (Å²) in [6.07, 6.45) is 54.5. The third kappa shape index (κ3) is 47.2. The summed E-state index contributed by atoms with van der Waals surface area (Å²) in [6, 6.07) is 0. The van der Waals surface area contributed by atoms with Crippen molar-refractivity contribution in [2.75, 3.05) is 47.5 Å². The van der Waals surface area contributed by atoms with Crippen LogP contribution in [0.3, 0.4) is 0 Å². The first kappa shape index (κ1) is 59.7. The first-order chi connectivity index (χ1) is 30.0. The van der Waals surface area contributed by atoms with E-state index in [1.807, 2.05) is 21.1 Å². The molecule has 360 valence electrons. The maximum Gasteiger partial charge on any atom is 0.472 e. The zero-order valence-corrected chi connectivity index (χ0v) is 41.5. The van der Waals surface area contributed by atoms with Crippen molar-refractivity contribution >= 4 is 19.8 Å². The van der Waals surface area contributed by atoms with Gasteiger partial charge in [-0.1, -0.05) is 197 Å². The molecule has 0 saturated heterocycles. The number of quaternary nitrogens is 1. The van der Waals surface area contributed by atoms with Gasteiger partial charge < -0.3 is 18.9 Å². The number of carbonyl (C=O) groups is 2. The van der Waals surface area contributed by atoms with Crippen LogP contribution in [-0.4, -0.2) is 74.9 Å². The van der Waals surface area contributed by atoms with Gasteiger partial charge in [-0.2, -0.15) is 0 Å². The number of hydrogen-bond acceptors (Lipinski definition) is 7. The molecule has 0 aliphatic rings. The Morgan fingerprint density at radius 3 is 1.37 bits per heavy atom. The fraction of sp³-hybridized carbons (Fsp3) is 0.769. The predicted molar refractivity (Wildman–Crippen MR) is 261 cm³/mol. The smallest absolute Gasteiger partial charge is 0.462 e. The molecule has 0 rings (SSSR count). The van der Waals surface area contributed by atoms with Gasteiger partial charge in [-0.05, 0) is 57.8 Å². The molecule has 0 radical (unpaired) electrons. The molecule has 0 spiro atoms. The number of allylic oxidation sites excluding steroid dienone is 10. The van der Waals surface area contributed by atoms with Crippen molar-refractivity contribution < 1.29 is 42.1 Å². The van der Waals surface area contributed by atoms with Crippen LogP contribution in [0.25, 0.3) is 0 Å². The molecule has 0 saturated carbocycles. The molecule has 0 aliphatic carbocycles. The van der Waals surface area contributed by atoms with E-state index in [0.29, 0.717) is 17.4 Å². The molecule has 2 atom stereocenters. The van der Waals surface area contributed by atoms with Crippen LogP contribution in [0.5, 0.6) is 0 Å². The van der Waals surface area contributed by atoms with E-state index in [-0.39, 0.29) is 32.0 Å². The fourth-order valence-corrected chi connectivity index (χ4v) is 7.43. The van der Waals surface area contributed by atoms with Crippen LogP contribution in [0.1, 0.15) is 206 Å². The summed E-state index contributed by atoms with van der Waals surface area (Å²) in [4.78, 5) is 35.2. The van der Waals surface area contributed by atoms with Crippen LogP contribution < -0.4 is 0 Å². The molecular weight excluding hydrogens is 798 g/mol. The molecule has 0 heterocycles. The Kier molecular flexibility index (Phi) is 42.3. The van der Waals surface area contributed by atoms with Gasteiger partial charge in [0, 0.05) is 12.8 Å². The highest BCUT2D eigenvalue weighted by molar-refractivity contribution is 7.47. The molecule has 0 aromatic rings. The molecule has 0 amide bonds. The highest BCUT2D eigenvalue weighted by Gasteiger charge is 2.27. The van der Waals surface area contributed by atoms with Crippen molar-refractivity contribution in [3.63, 3.8) is 0 Å². The second-order valence-electron chi connectivity index (χ2n) is 17.8. The molecule has 0 fully saturated rings. The van der Waals surface area contributed by atoms with E-state index in [0.717, 1.165) is 64.2 Å². The summed E-state index contributed by atoms with van der Waals surface area (Å²) in [6.45, 7) is 4.26. The largest absolute Gasteiger partial charge is 0.472 e. The lowest BCUT2D eigenvalue weighted by molar-refractivity contribution is -0.870. The third-order valence-corrected chi connectivity index (χ3v) is 11.5. The van der Waals surface area contributed by atoms with Gasteiger partial charge in [0.2, 0.25) is 0 Å². The minimum absolute atomic E-state index is 0.0316. The second-order valence-corrected chi connectivity index (χ2v) is 19.3. The Labute approximate surface area is 381 Å². The van der Waals surface area contributed by atoms with Gasteiger partial charge >= 0.3 is 19.8 Å². The van der Waals surface area contributed by atoms with Crippen LogP contribution in [0, 0.1) is 0 Å². The van der Waals surface area contributed by atoms with E-state index in [4.69, 9.17) is 18.5 Å². The van der Waals surface area contributed by atoms with Gasteiger partial charge in [0.05, 0.1) is 27.7 Å². The summed E-state index contributed by atoms with van der Waals surface area (Å²) < 4.78 is 34.2. The lowest BCUT2D eigenvalue weighted by atomic mass is 10.0. The lowest BCUT2D eigenvalue weighted by Gasteiger charge is -2.24. The molecule has 2 unspecified atom stereocenters. The molecule has 0 bridgehead atoms. The van der Waals surface area contributed by atoms with E-state index in [1.165, 1.54) is 109 Å². The monoisotopic (exact) mass is 893 g/mol. The molecule has 0 aromatic carbocycles. The maximum atomic E-state index is 12.7. The number of unbranched alkanes of at least 4 members (excludes halogenated alkanes) is 21. The number of ether oxygens (including phenoxy) is 2. The Bertz CT molecular complexity index is 1240. The summed E-state index contributed by atoms with van der Waals surface area (Å²) >= 11 is 0. The first-order valence-corrected chi connectivity index (χ1v) is 26.5. The zero-order valence-electron chi connectivity index (χ0n) is 40.6. The summed E-state index contributed by atoms with van der Waals surface area (Å²) in [5.41, 5.74) is 0. The zero-order chi connectivity index (χ0) is 45.7. The summed E-state index contributed by atoms with van der Waals surface area (Å²) in [5, 5.41) is 0. The lowest BCUT2D eigenvalue weighted by Crippen LogP contribution is -2.37. The Hall–Kier alpha value is -2.29. The van der Waals surface area contributed by atoms with E-state index >= 15 is 0 Å². The SMILES string of the molecule is CC/C=C\C/C=C\C/C=C\C/C=C\C/C=C\CCCCCCCCCCCCCCCCCC(=O)OC(COC(=O)CCCCCCCCC)COP(=O)(O)OCC[N+](C)(C)C. The maximum absolute atomic E-state index is 12.7. The van der Waals surface area contributed by atoms with Gasteiger partial charge in [-0.3, -0.25) is 18.6 Å². The Balaban J connectivity index is 3.99. The van der Waals surface area contributed by atoms with Crippen molar-refractivity contribution in [3.05, 3.63) is 60.8 Å². The summed E-state index contributed by atoms with van der Waals surface area (Å²) in [5.74, 6) is -0.803. The van der Waals surface area contributed by atoms with Gasteiger partial charge in [0.1, 0.15) is 19.8 Å². The number of phosphoric acid groups is 1. The number of esters is 2. The minimum atomic E-state index is -4.37. The highest BCUT2D eigenvalue weighted by atomic mass is 31.2. The number of rotatable bonds is 45. The molecule has 0 aliphatic heterocycles. The van der Waals surface area contributed by atoms with E-state index < -0.39 is 26.5 Å². The molecule has 1 N–H and O–H groups in total. The van der Waals surface area contributed by atoms with Crippen molar-refractivity contribution in [1.29, 1.82) is 0 Å². The van der Waals surface area contributed by atoms with Gasteiger partial charge in [-0.15, -0.1) is 0 Å². The third-order valence-electron chi connectivity index (χ3n) is 10.6. The second kappa shape index (κ2) is 43.9. The van der Waals surface area contributed by atoms with Crippen molar-refractivity contribution in [3.8, 4) is 0 Å². The van der Waals surface area contributed by atoms with Crippen LogP contribution in [0.4, 0.5) is 0 Å². The van der Waals surface area contributed by atoms with Gasteiger partial charge in [0.25, 0.3) is 0 Å². The van der Waals surface area contributed by atoms with Crippen LogP contribution in [0.15, 0.2) is 60.8 Å². The van der Waals surface area contributed by atoms with E-state index in [9.17, 15) is 19.0 Å². The normalized spacial score (nSPS) is 14.0. The number of nitrogens with zero attached hydrogens (tertiary/aromatic N) is 1. The number of phosphoric ester groups is 1. The highest BCUT2D eigenvalue weighted by Crippen LogP contribution is 2.43.